The number of nitrogens with one attached hydrogen (secondary N) is 2. The van der Waals surface area contributed by atoms with Gasteiger partial charge in [0, 0.05) is 10.6 Å². The van der Waals surface area contributed by atoms with Gasteiger partial charge in [-0.1, -0.05) is 18.2 Å². The molecule has 6 heteroatoms. The quantitative estimate of drug-likeness (QED) is 0.711. The Morgan fingerprint density at radius 2 is 1.76 bits per heavy atom. The van der Waals surface area contributed by atoms with Gasteiger partial charge in [0.05, 0.1) is 18.4 Å². The zero-order valence-corrected chi connectivity index (χ0v) is 15.1. The first-order valence-electron chi connectivity index (χ1n) is 8.10. The van der Waals surface area contributed by atoms with Crippen molar-refractivity contribution in [1.29, 1.82) is 0 Å². The second-order valence-corrected chi connectivity index (χ2v) is 6.71. The molecule has 0 bridgehead atoms. The van der Waals surface area contributed by atoms with Gasteiger partial charge in [0.1, 0.15) is 5.75 Å². The van der Waals surface area contributed by atoms with Gasteiger partial charge in [-0.15, -0.1) is 11.8 Å². The lowest BCUT2D eigenvalue weighted by atomic mass is 10.3. The second kappa shape index (κ2) is 9.74. The predicted molar refractivity (Wildman–Crippen MR) is 101 cm³/mol. The number of hydrogen-bond donors (Lipinski definition) is 2. The maximum atomic E-state index is 12.1. The second-order valence-electron chi connectivity index (χ2n) is 5.30. The topological polar surface area (TPSA) is 67.4 Å². The molecule has 0 heterocycles. The van der Waals surface area contributed by atoms with Crippen LogP contribution in [0.15, 0.2) is 59.5 Å². The lowest BCUT2D eigenvalue weighted by Crippen LogP contribution is -2.37. The molecule has 0 spiro atoms. The van der Waals surface area contributed by atoms with E-state index in [0.717, 1.165) is 10.6 Å². The van der Waals surface area contributed by atoms with E-state index in [1.165, 1.54) is 11.8 Å². The smallest absolute Gasteiger partial charge is 0.243 e. The van der Waals surface area contributed by atoms with Gasteiger partial charge in [-0.25, -0.2) is 0 Å². The number of ether oxygens (including phenoxy) is 1. The summed E-state index contributed by atoms with van der Waals surface area (Å²) in [4.78, 5) is 25.1. The van der Waals surface area contributed by atoms with Gasteiger partial charge < -0.3 is 15.4 Å². The number of thioether (sulfide) groups is 1. The molecule has 5 nitrogen and oxygen atoms in total. The van der Waals surface area contributed by atoms with E-state index in [4.69, 9.17) is 4.74 Å². The van der Waals surface area contributed by atoms with Crippen LogP contribution in [0, 0.1) is 0 Å². The summed E-state index contributed by atoms with van der Waals surface area (Å²) in [5, 5.41) is 5.12. The van der Waals surface area contributed by atoms with Crippen molar-refractivity contribution < 1.29 is 14.3 Å². The highest BCUT2D eigenvalue weighted by Gasteiger charge is 2.15. The van der Waals surface area contributed by atoms with Crippen molar-refractivity contribution >= 4 is 29.3 Å². The zero-order valence-electron chi connectivity index (χ0n) is 14.3. The van der Waals surface area contributed by atoms with E-state index < -0.39 is 0 Å². The predicted octanol–water partition coefficient (Wildman–Crippen LogP) is 3.32. The third-order valence-corrected chi connectivity index (χ3v) is 4.41. The highest BCUT2D eigenvalue weighted by molar-refractivity contribution is 8.00. The molecule has 0 aliphatic heterocycles. The van der Waals surface area contributed by atoms with Gasteiger partial charge in [0.15, 0.2) is 0 Å². The Morgan fingerprint density at radius 1 is 1.08 bits per heavy atom. The van der Waals surface area contributed by atoms with Crippen LogP contribution in [0.25, 0.3) is 0 Å². The third-order valence-electron chi connectivity index (χ3n) is 3.30. The maximum absolute atomic E-state index is 12.1. The summed E-state index contributed by atoms with van der Waals surface area (Å²) in [7, 11) is 0. The summed E-state index contributed by atoms with van der Waals surface area (Å²) in [5.74, 6) is 0.311. The summed E-state index contributed by atoms with van der Waals surface area (Å²) in [6.45, 7) is 4.26. The Labute approximate surface area is 152 Å². The van der Waals surface area contributed by atoms with Gasteiger partial charge in [-0.3, -0.25) is 9.59 Å². The molecule has 0 saturated heterocycles. The van der Waals surface area contributed by atoms with E-state index in [1.807, 2.05) is 44.2 Å². The van der Waals surface area contributed by atoms with E-state index in [-0.39, 0.29) is 23.6 Å². The molecule has 0 aromatic heterocycles. The molecule has 1 atom stereocenters. The van der Waals surface area contributed by atoms with Gasteiger partial charge in [-0.05, 0) is 50.2 Å². The Hall–Kier alpha value is -2.47. The summed E-state index contributed by atoms with van der Waals surface area (Å²) in [5.41, 5.74) is 0.661. The number of anilines is 1. The van der Waals surface area contributed by atoms with Crippen molar-refractivity contribution in [3.63, 3.8) is 0 Å². The largest absolute Gasteiger partial charge is 0.494 e. The minimum Gasteiger partial charge on any atom is -0.494 e. The SMILES string of the molecule is CCOc1ccc(NC(=O)CNC(=O)C(C)Sc2ccccc2)cc1. The summed E-state index contributed by atoms with van der Waals surface area (Å²) in [6.07, 6.45) is 0. The van der Waals surface area contributed by atoms with Crippen molar-refractivity contribution in [3.8, 4) is 5.75 Å². The van der Waals surface area contributed by atoms with Gasteiger partial charge in [-0.2, -0.15) is 0 Å². The summed E-state index contributed by atoms with van der Waals surface area (Å²) < 4.78 is 5.35. The molecule has 0 saturated carbocycles. The van der Waals surface area contributed by atoms with Crippen molar-refractivity contribution in [2.45, 2.75) is 24.0 Å². The first-order chi connectivity index (χ1) is 12.1. The van der Waals surface area contributed by atoms with Crippen molar-refractivity contribution in [3.05, 3.63) is 54.6 Å². The van der Waals surface area contributed by atoms with Crippen LogP contribution in [0.1, 0.15) is 13.8 Å². The van der Waals surface area contributed by atoms with E-state index in [2.05, 4.69) is 10.6 Å². The number of benzene rings is 2. The Bertz CT molecular complexity index is 690. The van der Waals surface area contributed by atoms with Crippen LogP contribution in [-0.4, -0.2) is 30.2 Å². The number of amides is 2. The maximum Gasteiger partial charge on any atom is 0.243 e. The third kappa shape index (κ3) is 6.51. The molecule has 0 aliphatic rings. The number of hydrogen-bond acceptors (Lipinski definition) is 4. The molecule has 2 aromatic carbocycles. The molecular formula is C19H22N2O3S. The number of carbonyl (C=O) groups excluding carboxylic acids is 2. The lowest BCUT2D eigenvalue weighted by Gasteiger charge is -2.12. The minimum atomic E-state index is -0.277. The molecule has 0 radical (unpaired) electrons. The van der Waals surface area contributed by atoms with E-state index in [9.17, 15) is 9.59 Å². The first-order valence-corrected chi connectivity index (χ1v) is 8.98. The molecule has 132 valence electrons. The Balaban J connectivity index is 1.75. The van der Waals surface area contributed by atoms with Crippen LogP contribution < -0.4 is 15.4 Å². The van der Waals surface area contributed by atoms with Crippen molar-refractivity contribution in [2.24, 2.45) is 0 Å². The molecule has 1 unspecified atom stereocenters. The Kier molecular flexibility index (Phi) is 7.35. The van der Waals surface area contributed by atoms with E-state index in [0.29, 0.717) is 12.3 Å². The summed E-state index contributed by atoms with van der Waals surface area (Å²) in [6, 6.07) is 16.8. The van der Waals surface area contributed by atoms with Crippen LogP contribution in [0.5, 0.6) is 5.75 Å². The Morgan fingerprint density at radius 3 is 2.40 bits per heavy atom. The highest BCUT2D eigenvalue weighted by atomic mass is 32.2. The average Bonchev–Trinajstić information content (AvgIpc) is 2.62. The van der Waals surface area contributed by atoms with Gasteiger partial charge >= 0.3 is 0 Å². The summed E-state index contributed by atoms with van der Waals surface area (Å²) >= 11 is 1.46. The fourth-order valence-corrected chi connectivity index (χ4v) is 2.99. The fourth-order valence-electron chi connectivity index (χ4n) is 2.07. The molecule has 0 fully saturated rings. The monoisotopic (exact) mass is 358 g/mol. The molecule has 2 N–H and O–H groups in total. The molecule has 25 heavy (non-hydrogen) atoms. The number of rotatable bonds is 8. The van der Waals surface area contributed by atoms with Crippen molar-refractivity contribution in [2.75, 3.05) is 18.5 Å². The zero-order chi connectivity index (χ0) is 18.1. The lowest BCUT2D eigenvalue weighted by molar-refractivity contribution is -0.123. The van der Waals surface area contributed by atoms with Crippen LogP contribution >= 0.6 is 11.8 Å². The normalized spacial score (nSPS) is 11.4. The van der Waals surface area contributed by atoms with E-state index in [1.54, 1.807) is 24.3 Å². The van der Waals surface area contributed by atoms with Crippen molar-refractivity contribution in [1.82, 2.24) is 5.32 Å². The first kappa shape index (κ1) is 18.9. The van der Waals surface area contributed by atoms with Gasteiger partial charge in [0.2, 0.25) is 11.8 Å². The fraction of sp³-hybridized carbons (Fsp3) is 0.263. The number of carbonyl (C=O) groups is 2. The molecule has 2 aromatic rings. The van der Waals surface area contributed by atoms with Crippen LogP contribution in [0.2, 0.25) is 0 Å². The highest BCUT2D eigenvalue weighted by Crippen LogP contribution is 2.22. The van der Waals surface area contributed by atoms with Crippen LogP contribution in [-0.2, 0) is 9.59 Å². The molecule has 2 rings (SSSR count). The molecular weight excluding hydrogens is 336 g/mol. The molecule has 0 aliphatic carbocycles. The van der Waals surface area contributed by atoms with Crippen LogP contribution in [0.4, 0.5) is 5.69 Å². The standard InChI is InChI=1S/C19H22N2O3S/c1-3-24-16-11-9-15(10-12-16)21-18(22)13-20-19(23)14(2)25-17-7-5-4-6-8-17/h4-12,14H,3,13H2,1-2H3,(H,20,23)(H,21,22). The van der Waals surface area contributed by atoms with E-state index >= 15 is 0 Å². The van der Waals surface area contributed by atoms with Gasteiger partial charge in [0.25, 0.3) is 0 Å². The minimum absolute atomic E-state index is 0.0638. The molecule has 2 amide bonds. The average molecular weight is 358 g/mol. The van der Waals surface area contributed by atoms with Crippen LogP contribution in [0.3, 0.4) is 0 Å².